The van der Waals surface area contributed by atoms with E-state index in [1.165, 1.54) is 15.3 Å². The van der Waals surface area contributed by atoms with E-state index in [2.05, 4.69) is 10.4 Å². The monoisotopic (exact) mass is 491 g/mol. The number of imidazole rings is 1. The van der Waals surface area contributed by atoms with Gasteiger partial charge in [0.1, 0.15) is 5.82 Å². The average molecular weight is 492 g/mol. The fraction of sp³-hybridized carbons (Fsp3) is 0.240. The van der Waals surface area contributed by atoms with Gasteiger partial charge in [-0.05, 0) is 49.2 Å². The molecule has 1 N–H and O–H groups in total. The molecule has 0 bridgehead atoms. The highest BCUT2D eigenvalue weighted by molar-refractivity contribution is 6.32. The van der Waals surface area contributed by atoms with Crippen LogP contribution in [0.25, 0.3) is 28.1 Å². The molecule has 0 fully saturated rings. The van der Waals surface area contributed by atoms with E-state index in [0.29, 0.717) is 28.3 Å². The number of nitrogens with zero attached hydrogens (tertiary/aromatic N) is 6. The maximum atomic E-state index is 15.4. The molecule has 0 amide bonds. The molecule has 2 aromatic carbocycles. The predicted molar refractivity (Wildman–Crippen MR) is 133 cm³/mol. The summed E-state index contributed by atoms with van der Waals surface area (Å²) in [6, 6.07) is 7.29. The Balaban J connectivity index is 1.57. The molecule has 0 atom stereocenters. The minimum absolute atomic E-state index is 0.172. The van der Waals surface area contributed by atoms with Gasteiger partial charge in [-0.15, -0.1) is 0 Å². The average Bonchev–Trinajstić information content (AvgIpc) is 3.53. The Bertz CT molecular complexity index is 1670. The molecule has 0 aliphatic carbocycles. The van der Waals surface area contributed by atoms with Gasteiger partial charge in [0, 0.05) is 49.5 Å². The predicted octanol–water partition coefficient (Wildman–Crippen LogP) is 3.76. The Morgan fingerprint density at radius 3 is 2.63 bits per heavy atom. The van der Waals surface area contributed by atoms with E-state index in [-0.39, 0.29) is 11.4 Å². The van der Waals surface area contributed by atoms with Gasteiger partial charge >= 0.3 is 5.69 Å². The quantitative estimate of drug-likeness (QED) is 0.417. The van der Waals surface area contributed by atoms with Crippen molar-refractivity contribution in [2.45, 2.75) is 26.8 Å². The number of nitrogens with one attached hydrogen (secondary N) is 1. The third-order valence-electron chi connectivity index (χ3n) is 6.66. The van der Waals surface area contributed by atoms with Crippen LogP contribution in [0.15, 0.2) is 47.7 Å². The number of benzene rings is 2. The summed E-state index contributed by atoms with van der Waals surface area (Å²) in [5.74, 6) is 0.150. The first kappa shape index (κ1) is 21.8. The van der Waals surface area contributed by atoms with Crippen LogP contribution in [0.4, 0.5) is 4.39 Å². The first-order chi connectivity index (χ1) is 16.8. The van der Waals surface area contributed by atoms with Crippen LogP contribution in [-0.2, 0) is 20.0 Å². The van der Waals surface area contributed by atoms with Gasteiger partial charge in [0.15, 0.2) is 5.82 Å². The lowest BCUT2D eigenvalue weighted by Gasteiger charge is -2.14. The van der Waals surface area contributed by atoms with E-state index >= 15 is 4.39 Å². The summed E-state index contributed by atoms with van der Waals surface area (Å²) in [6.45, 7) is 5.30. The second-order valence-electron chi connectivity index (χ2n) is 8.90. The zero-order valence-corrected chi connectivity index (χ0v) is 20.3. The molecule has 10 heteroatoms. The Morgan fingerprint density at radius 1 is 1.11 bits per heavy atom. The molecular weight excluding hydrogens is 469 g/mol. The number of hydrogen-bond acceptors (Lipinski definition) is 4. The summed E-state index contributed by atoms with van der Waals surface area (Å²) in [4.78, 5) is 13.7. The molecule has 1 aliphatic rings. The van der Waals surface area contributed by atoms with Crippen LogP contribution in [0.5, 0.6) is 0 Å². The summed E-state index contributed by atoms with van der Waals surface area (Å²) in [5.41, 5.74) is 5.00. The zero-order valence-electron chi connectivity index (χ0n) is 19.5. The number of aromatic nitrogens is 6. The molecule has 0 saturated carbocycles. The summed E-state index contributed by atoms with van der Waals surface area (Å²) in [6.07, 6.45) is 5.47. The van der Waals surface area contributed by atoms with Crippen molar-refractivity contribution in [2.75, 3.05) is 6.54 Å². The van der Waals surface area contributed by atoms with Crippen molar-refractivity contribution in [2.24, 2.45) is 7.05 Å². The number of rotatable bonds is 3. The van der Waals surface area contributed by atoms with Crippen LogP contribution in [-0.4, -0.2) is 35.2 Å². The van der Waals surface area contributed by atoms with E-state index in [4.69, 9.17) is 16.7 Å². The highest BCUT2D eigenvalue weighted by Gasteiger charge is 2.25. The van der Waals surface area contributed by atoms with Crippen molar-refractivity contribution in [3.8, 4) is 17.2 Å². The highest BCUT2D eigenvalue weighted by atomic mass is 35.5. The van der Waals surface area contributed by atoms with Crippen molar-refractivity contribution in [1.82, 2.24) is 34.0 Å². The first-order valence-electron chi connectivity index (χ1n) is 11.3. The van der Waals surface area contributed by atoms with Gasteiger partial charge in [0.2, 0.25) is 0 Å². The maximum absolute atomic E-state index is 15.4. The Morgan fingerprint density at radius 2 is 1.86 bits per heavy atom. The number of aryl methyl sites for hydroxylation is 3. The molecule has 178 valence electrons. The maximum Gasteiger partial charge on any atom is 0.338 e. The number of hydrogen-bond donors (Lipinski definition) is 1. The molecule has 1 aliphatic heterocycles. The third-order valence-corrected chi connectivity index (χ3v) is 7.25. The van der Waals surface area contributed by atoms with Crippen molar-refractivity contribution >= 4 is 22.5 Å². The molecule has 6 rings (SSSR count). The normalized spacial score (nSPS) is 13.5. The van der Waals surface area contributed by atoms with Crippen molar-refractivity contribution in [1.29, 1.82) is 0 Å². The summed E-state index contributed by atoms with van der Waals surface area (Å²) < 4.78 is 21.6. The van der Waals surface area contributed by atoms with Crippen LogP contribution in [0.1, 0.15) is 22.4 Å². The molecular formula is C25H23ClFN7O. The van der Waals surface area contributed by atoms with Crippen molar-refractivity contribution in [3.05, 3.63) is 86.6 Å². The third kappa shape index (κ3) is 3.26. The summed E-state index contributed by atoms with van der Waals surface area (Å²) in [7, 11) is 1.75. The number of halogens is 2. The largest absolute Gasteiger partial charge is 0.338 e. The molecule has 4 heterocycles. The van der Waals surface area contributed by atoms with Crippen molar-refractivity contribution < 1.29 is 4.39 Å². The fourth-order valence-corrected chi connectivity index (χ4v) is 4.96. The zero-order chi connectivity index (χ0) is 24.4. The second-order valence-corrected chi connectivity index (χ2v) is 9.28. The van der Waals surface area contributed by atoms with Gasteiger partial charge < -0.3 is 5.32 Å². The topological polar surface area (TPSA) is 74.6 Å². The van der Waals surface area contributed by atoms with Gasteiger partial charge in [-0.2, -0.15) is 10.2 Å². The SMILES string of the molecule is Cc1cc(-n2nc3c(c2-n2ccn(-c4ccc5c(cnn5C)c4F)c2=O)CNCC3)cc(C)c1Cl. The lowest BCUT2D eigenvalue weighted by Crippen LogP contribution is -2.27. The molecule has 0 radical (unpaired) electrons. The molecule has 3 aromatic heterocycles. The van der Waals surface area contributed by atoms with E-state index in [9.17, 15) is 4.79 Å². The van der Waals surface area contributed by atoms with Gasteiger partial charge in [-0.3, -0.25) is 13.8 Å². The Hall–Kier alpha value is -3.69. The standard InChI is InChI=1S/C25H23ClFN7O/c1-14-10-16(11-15(2)22(14)26)34-24(17-12-28-7-6-19(17)30-34)33-9-8-32(25(33)35)21-5-4-20-18(23(21)27)13-29-31(20)3/h4-5,8-11,13,28H,6-7,12H2,1-3H3. The lowest BCUT2D eigenvalue weighted by atomic mass is 10.1. The fourth-order valence-electron chi connectivity index (χ4n) is 4.85. The summed E-state index contributed by atoms with van der Waals surface area (Å²) in [5, 5.41) is 13.4. The number of fused-ring (bicyclic) bond motifs is 2. The van der Waals surface area contributed by atoms with Crippen LogP contribution < -0.4 is 11.0 Å². The highest BCUT2D eigenvalue weighted by Crippen LogP contribution is 2.29. The van der Waals surface area contributed by atoms with E-state index in [1.807, 2.05) is 26.0 Å². The second kappa shape index (κ2) is 7.93. The van der Waals surface area contributed by atoms with Crippen LogP contribution in [0.3, 0.4) is 0 Å². The Kier molecular flexibility index (Phi) is 4.94. The molecule has 0 spiro atoms. The molecule has 8 nitrogen and oxygen atoms in total. The minimum Gasteiger partial charge on any atom is -0.312 e. The first-order valence-corrected chi connectivity index (χ1v) is 11.7. The van der Waals surface area contributed by atoms with Crippen LogP contribution in [0.2, 0.25) is 5.02 Å². The van der Waals surface area contributed by atoms with Crippen LogP contribution in [0, 0.1) is 19.7 Å². The smallest absolute Gasteiger partial charge is 0.312 e. The van der Waals surface area contributed by atoms with E-state index in [0.717, 1.165) is 41.0 Å². The minimum atomic E-state index is -0.489. The van der Waals surface area contributed by atoms with Crippen molar-refractivity contribution in [3.63, 3.8) is 0 Å². The van der Waals surface area contributed by atoms with E-state index < -0.39 is 5.82 Å². The molecule has 0 unspecified atom stereocenters. The molecule has 35 heavy (non-hydrogen) atoms. The van der Waals surface area contributed by atoms with Gasteiger partial charge in [-0.25, -0.2) is 13.9 Å². The molecule has 5 aromatic rings. The summed E-state index contributed by atoms with van der Waals surface area (Å²) >= 11 is 6.41. The van der Waals surface area contributed by atoms with Crippen LogP contribution >= 0.6 is 11.6 Å². The lowest BCUT2D eigenvalue weighted by molar-refractivity contribution is 0.626. The van der Waals surface area contributed by atoms with E-state index in [1.54, 1.807) is 40.9 Å². The van der Waals surface area contributed by atoms with Gasteiger partial charge in [-0.1, -0.05) is 11.6 Å². The van der Waals surface area contributed by atoms with Gasteiger partial charge in [0.25, 0.3) is 0 Å². The van der Waals surface area contributed by atoms with Gasteiger partial charge in [0.05, 0.1) is 34.2 Å². The Labute approximate surface area is 205 Å². The molecule has 0 saturated heterocycles.